The van der Waals surface area contributed by atoms with Crippen molar-refractivity contribution in [2.45, 2.75) is 43.7 Å². The number of nitrogens with zero attached hydrogens (tertiary/aromatic N) is 4. The Bertz CT molecular complexity index is 405. The Morgan fingerprint density at radius 1 is 1.47 bits per heavy atom. The number of piperidine rings is 1. The average molecular weight is 236 g/mol. The van der Waals surface area contributed by atoms with E-state index < -0.39 is 5.60 Å². The van der Waals surface area contributed by atoms with Crippen LogP contribution >= 0.6 is 0 Å². The molecule has 2 aliphatic heterocycles. The van der Waals surface area contributed by atoms with Crippen LogP contribution in [-0.4, -0.2) is 49.7 Å². The molecule has 2 fully saturated rings. The van der Waals surface area contributed by atoms with E-state index in [4.69, 9.17) is 0 Å². The zero-order chi connectivity index (χ0) is 11.9. The molecule has 5 heteroatoms. The Hall–Kier alpha value is -0.940. The summed E-state index contributed by atoms with van der Waals surface area (Å²) < 4.78 is 1.70. The lowest BCUT2D eigenvalue weighted by Crippen LogP contribution is -2.48. The molecule has 17 heavy (non-hydrogen) atoms. The molecule has 2 unspecified atom stereocenters. The third-order valence-electron chi connectivity index (χ3n) is 4.20. The van der Waals surface area contributed by atoms with Crippen molar-refractivity contribution in [1.82, 2.24) is 19.9 Å². The molecule has 1 aromatic heterocycles. The van der Waals surface area contributed by atoms with Crippen LogP contribution in [0.25, 0.3) is 0 Å². The van der Waals surface area contributed by atoms with E-state index in [1.54, 1.807) is 4.68 Å². The van der Waals surface area contributed by atoms with Crippen molar-refractivity contribution in [2.24, 2.45) is 7.05 Å². The maximum atomic E-state index is 10.8. The average Bonchev–Trinajstić information content (AvgIpc) is 2.86. The molecule has 1 N–H and O–H groups in total. The molecule has 0 amide bonds. The van der Waals surface area contributed by atoms with Gasteiger partial charge in [0, 0.05) is 32.3 Å². The molecule has 0 aromatic carbocycles. The summed E-state index contributed by atoms with van der Waals surface area (Å²) in [5.74, 6) is 0. The van der Waals surface area contributed by atoms with E-state index >= 15 is 0 Å². The van der Waals surface area contributed by atoms with Gasteiger partial charge >= 0.3 is 0 Å². The SMILES string of the molecule is Cn1cc(CC2(O)CCN3CCCCC32)nn1. The van der Waals surface area contributed by atoms with Crippen molar-refractivity contribution in [3.63, 3.8) is 0 Å². The molecular formula is C12H20N4O. The lowest BCUT2D eigenvalue weighted by atomic mass is 9.85. The molecule has 2 atom stereocenters. The monoisotopic (exact) mass is 236 g/mol. The quantitative estimate of drug-likeness (QED) is 0.805. The summed E-state index contributed by atoms with van der Waals surface area (Å²) in [4.78, 5) is 2.44. The third-order valence-corrected chi connectivity index (χ3v) is 4.20. The zero-order valence-electron chi connectivity index (χ0n) is 10.3. The summed E-state index contributed by atoms with van der Waals surface area (Å²) in [5.41, 5.74) is 0.318. The molecule has 2 aliphatic rings. The first-order valence-electron chi connectivity index (χ1n) is 6.49. The number of aromatic nitrogens is 3. The van der Waals surface area contributed by atoms with E-state index in [1.165, 1.54) is 12.8 Å². The number of aliphatic hydroxyl groups is 1. The van der Waals surface area contributed by atoms with Crippen molar-refractivity contribution in [1.29, 1.82) is 0 Å². The molecule has 0 radical (unpaired) electrons. The standard InChI is InChI=1S/C12H20N4O/c1-15-9-10(13-14-15)8-12(17)5-7-16-6-3-2-4-11(12)16/h9,11,17H,2-8H2,1H3. The second-order valence-electron chi connectivity index (χ2n) is 5.46. The Morgan fingerprint density at radius 3 is 3.12 bits per heavy atom. The van der Waals surface area contributed by atoms with Crippen LogP contribution in [0.4, 0.5) is 0 Å². The fraction of sp³-hybridized carbons (Fsp3) is 0.833. The van der Waals surface area contributed by atoms with Gasteiger partial charge in [-0.2, -0.15) is 0 Å². The van der Waals surface area contributed by atoms with Gasteiger partial charge in [-0.3, -0.25) is 9.58 Å². The predicted octanol–water partition coefficient (Wildman–Crippen LogP) is 0.347. The highest BCUT2D eigenvalue weighted by molar-refractivity contribution is 5.08. The normalized spacial score (nSPS) is 33.9. The molecular weight excluding hydrogens is 216 g/mol. The summed E-state index contributed by atoms with van der Waals surface area (Å²) in [6.45, 7) is 2.18. The Kier molecular flexibility index (Phi) is 2.67. The number of fused-ring (bicyclic) bond motifs is 1. The second kappa shape index (κ2) is 4.07. The summed E-state index contributed by atoms with van der Waals surface area (Å²) in [6, 6.07) is 0.332. The fourth-order valence-electron chi connectivity index (χ4n) is 3.37. The highest BCUT2D eigenvalue weighted by atomic mass is 16.3. The van der Waals surface area contributed by atoms with Crippen LogP contribution in [0, 0.1) is 0 Å². The lowest BCUT2D eigenvalue weighted by Gasteiger charge is -2.37. The summed E-state index contributed by atoms with van der Waals surface area (Å²) in [6.07, 6.45) is 7.05. The minimum absolute atomic E-state index is 0.332. The van der Waals surface area contributed by atoms with Crippen LogP contribution in [-0.2, 0) is 13.5 Å². The van der Waals surface area contributed by atoms with Crippen LogP contribution in [0.15, 0.2) is 6.20 Å². The topological polar surface area (TPSA) is 54.2 Å². The van der Waals surface area contributed by atoms with Crippen molar-refractivity contribution >= 4 is 0 Å². The van der Waals surface area contributed by atoms with Gasteiger partial charge in [0.1, 0.15) is 0 Å². The fourth-order valence-corrected chi connectivity index (χ4v) is 3.37. The first-order chi connectivity index (χ1) is 8.17. The van der Waals surface area contributed by atoms with Crippen molar-refractivity contribution in [2.75, 3.05) is 13.1 Å². The van der Waals surface area contributed by atoms with Crippen LogP contribution in [0.5, 0.6) is 0 Å². The Morgan fingerprint density at radius 2 is 2.35 bits per heavy atom. The number of aryl methyl sites for hydroxylation is 1. The van der Waals surface area contributed by atoms with E-state index in [1.807, 2.05) is 13.2 Å². The summed E-state index contributed by atoms with van der Waals surface area (Å²) in [5, 5.41) is 18.9. The molecule has 0 bridgehead atoms. The Balaban J connectivity index is 1.76. The molecule has 0 saturated carbocycles. The molecule has 2 saturated heterocycles. The van der Waals surface area contributed by atoms with Gasteiger partial charge in [0.2, 0.25) is 0 Å². The van der Waals surface area contributed by atoms with Gasteiger partial charge in [0.05, 0.1) is 11.3 Å². The maximum absolute atomic E-state index is 10.8. The molecule has 3 rings (SSSR count). The molecule has 5 nitrogen and oxygen atoms in total. The van der Waals surface area contributed by atoms with Gasteiger partial charge in [-0.05, 0) is 25.8 Å². The van der Waals surface area contributed by atoms with Gasteiger partial charge in [-0.15, -0.1) is 5.10 Å². The Labute approximate surface area is 101 Å². The van der Waals surface area contributed by atoms with Gasteiger partial charge in [-0.25, -0.2) is 0 Å². The van der Waals surface area contributed by atoms with E-state index in [9.17, 15) is 5.11 Å². The number of hydrogen-bond acceptors (Lipinski definition) is 4. The minimum atomic E-state index is -0.587. The van der Waals surface area contributed by atoms with Gasteiger partial charge in [0.25, 0.3) is 0 Å². The summed E-state index contributed by atoms with van der Waals surface area (Å²) >= 11 is 0. The largest absolute Gasteiger partial charge is 0.388 e. The zero-order valence-corrected chi connectivity index (χ0v) is 10.3. The lowest BCUT2D eigenvalue weighted by molar-refractivity contribution is -0.00958. The van der Waals surface area contributed by atoms with Gasteiger partial charge in [-0.1, -0.05) is 11.6 Å². The van der Waals surface area contributed by atoms with Crippen LogP contribution in [0.3, 0.4) is 0 Å². The number of rotatable bonds is 2. The highest BCUT2D eigenvalue weighted by Gasteiger charge is 2.46. The highest BCUT2D eigenvalue weighted by Crippen LogP contribution is 2.36. The first-order valence-corrected chi connectivity index (χ1v) is 6.49. The van der Waals surface area contributed by atoms with Crippen LogP contribution in [0.1, 0.15) is 31.4 Å². The predicted molar refractivity (Wildman–Crippen MR) is 63.5 cm³/mol. The first kappa shape index (κ1) is 11.2. The van der Waals surface area contributed by atoms with Crippen molar-refractivity contribution < 1.29 is 5.11 Å². The molecule has 1 aromatic rings. The van der Waals surface area contributed by atoms with E-state index in [-0.39, 0.29) is 0 Å². The van der Waals surface area contributed by atoms with Crippen LogP contribution in [0.2, 0.25) is 0 Å². The minimum Gasteiger partial charge on any atom is -0.388 e. The molecule has 94 valence electrons. The number of hydrogen-bond donors (Lipinski definition) is 1. The van der Waals surface area contributed by atoms with E-state index in [0.717, 1.165) is 31.6 Å². The molecule has 3 heterocycles. The molecule has 0 spiro atoms. The third kappa shape index (κ3) is 1.98. The van der Waals surface area contributed by atoms with Crippen molar-refractivity contribution in [3.8, 4) is 0 Å². The van der Waals surface area contributed by atoms with Crippen LogP contribution < -0.4 is 0 Å². The maximum Gasteiger partial charge on any atom is 0.0870 e. The smallest absolute Gasteiger partial charge is 0.0870 e. The molecule has 0 aliphatic carbocycles. The summed E-state index contributed by atoms with van der Waals surface area (Å²) in [7, 11) is 1.86. The van der Waals surface area contributed by atoms with Gasteiger partial charge < -0.3 is 5.11 Å². The van der Waals surface area contributed by atoms with E-state index in [0.29, 0.717) is 12.5 Å². The van der Waals surface area contributed by atoms with E-state index in [2.05, 4.69) is 15.2 Å². The second-order valence-corrected chi connectivity index (χ2v) is 5.46. The van der Waals surface area contributed by atoms with Gasteiger partial charge in [0.15, 0.2) is 0 Å². The van der Waals surface area contributed by atoms with Crippen molar-refractivity contribution in [3.05, 3.63) is 11.9 Å².